The van der Waals surface area contributed by atoms with Crippen LogP contribution in [0.2, 0.25) is 0 Å². The molecule has 1 aliphatic heterocycles. The number of hydrogen-bond donors (Lipinski definition) is 3. The first-order valence-electron chi connectivity index (χ1n) is 9.78. The summed E-state index contributed by atoms with van der Waals surface area (Å²) in [4.78, 5) is 26.6. The molecule has 0 aliphatic carbocycles. The van der Waals surface area contributed by atoms with Crippen molar-refractivity contribution >= 4 is 23.8 Å². The van der Waals surface area contributed by atoms with E-state index >= 15 is 0 Å². The molecule has 0 bridgehead atoms. The van der Waals surface area contributed by atoms with Crippen molar-refractivity contribution in [2.45, 2.75) is 102 Å². The van der Waals surface area contributed by atoms with Crippen LogP contribution in [-0.2, 0) is 9.53 Å². The molecule has 2 amide bonds. The van der Waals surface area contributed by atoms with E-state index in [4.69, 9.17) is 4.74 Å². The number of aliphatic hydroxyl groups is 1. The maximum absolute atomic E-state index is 13.0. The second kappa shape index (κ2) is 8.40. The first-order valence-corrected chi connectivity index (χ1v) is 10.6. The first-order chi connectivity index (χ1) is 12.3. The molecule has 1 aliphatic rings. The molecule has 0 saturated carbocycles. The Hall–Kier alpha value is -0.990. The number of nitrogens with one attached hydrogen (secondary N) is 2. The minimum absolute atomic E-state index is 0.0529. The average molecular weight is 418 g/mol. The highest BCUT2D eigenvalue weighted by molar-refractivity contribution is 8.02. The Morgan fingerprint density at radius 3 is 2.14 bits per heavy atom. The molecule has 7 nitrogen and oxygen atoms in total. The average Bonchev–Trinajstić information content (AvgIpc) is 2.56. The van der Waals surface area contributed by atoms with Crippen molar-refractivity contribution in [1.82, 2.24) is 15.5 Å². The molecule has 0 radical (unpaired) electrons. The number of nitrogens with zero attached hydrogens (tertiary/aromatic N) is 1. The Bertz CT molecular complexity index is 579. The predicted molar refractivity (Wildman–Crippen MR) is 114 cm³/mol. The standard InChI is InChI=1S/C20H39N3O4S/c1-17(2,3)22-15(25)14-19(7,8)28-20(9,10)23(14)12-13(24)11-21-16(26)27-18(4,5)6/h13-14,24H,11-12H2,1-10H3,(H,21,26)(H,22,25)/t13-,14?/m0/s1. The van der Waals surface area contributed by atoms with Crippen LogP contribution in [0.3, 0.4) is 0 Å². The highest BCUT2D eigenvalue weighted by atomic mass is 32.2. The minimum Gasteiger partial charge on any atom is -0.444 e. The van der Waals surface area contributed by atoms with E-state index < -0.39 is 23.8 Å². The van der Waals surface area contributed by atoms with Crippen LogP contribution in [0.1, 0.15) is 69.2 Å². The van der Waals surface area contributed by atoms with Gasteiger partial charge in [0.05, 0.1) is 11.0 Å². The summed E-state index contributed by atoms with van der Waals surface area (Å²) in [7, 11) is 0. The second-order valence-electron chi connectivity index (χ2n) is 10.5. The van der Waals surface area contributed by atoms with Gasteiger partial charge in [-0.3, -0.25) is 9.69 Å². The molecule has 1 rings (SSSR count). The first kappa shape index (κ1) is 25.0. The Labute approximate surface area is 174 Å². The van der Waals surface area contributed by atoms with Gasteiger partial charge >= 0.3 is 6.09 Å². The van der Waals surface area contributed by atoms with Crippen LogP contribution < -0.4 is 10.6 Å². The molecular weight excluding hydrogens is 378 g/mol. The fraction of sp³-hybridized carbons (Fsp3) is 0.900. The number of carbonyl (C=O) groups excluding carboxylic acids is 2. The van der Waals surface area contributed by atoms with E-state index in [9.17, 15) is 14.7 Å². The molecular formula is C20H39N3O4S. The van der Waals surface area contributed by atoms with Crippen LogP contribution in [0.5, 0.6) is 0 Å². The Balaban J connectivity index is 2.86. The van der Waals surface area contributed by atoms with Crippen molar-refractivity contribution < 1.29 is 19.4 Å². The zero-order chi connectivity index (χ0) is 22.1. The smallest absolute Gasteiger partial charge is 0.407 e. The summed E-state index contributed by atoms with van der Waals surface area (Å²) in [6, 6.07) is -0.400. The minimum atomic E-state index is -0.828. The van der Waals surface area contributed by atoms with Gasteiger partial charge in [-0.2, -0.15) is 0 Å². The van der Waals surface area contributed by atoms with E-state index in [0.29, 0.717) is 0 Å². The number of aliphatic hydroxyl groups excluding tert-OH is 1. The molecule has 1 fully saturated rings. The highest BCUT2D eigenvalue weighted by Gasteiger charge is 2.55. The zero-order valence-corrected chi connectivity index (χ0v) is 19.9. The summed E-state index contributed by atoms with van der Waals surface area (Å²) >= 11 is 1.71. The normalized spacial score (nSPS) is 23.2. The van der Waals surface area contributed by atoms with Crippen molar-refractivity contribution in [2.75, 3.05) is 13.1 Å². The van der Waals surface area contributed by atoms with Gasteiger partial charge in [0.1, 0.15) is 11.6 Å². The van der Waals surface area contributed by atoms with E-state index in [2.05, 4.69) is 38.3 Å². The van der Waals surface area contributed by atoms with Crippen LogP contribution in [0.25, 0.3) is 0 Å². The van der Waals surface area contributed by atoms with Crippen molar-refractivity contribution in [2.24, 2.45) is 0 Å². The largest absolute Gasteiger partial charge is 0.444 e. The lowest BCUT2D eigenvalue weighted by atomic mass is 9.97. The summed E-state index contributed by atoms with van der Waals surface area (Å²) in [5.41, 5.74) is -0.935. The summed E-state index contributed by atoms with van der Waals surface area (Å²) in [6.45, 7) is 19.8. The van der Waals surface area contributed by atoms with Gasteiger partial charge in [0.2, 0.25) is 5.91 Å². The third-order valence-corrected chi connectivity index (χ3v) is 5.69. The van der Waals surface area contributed by atoms with E-state index in [-0.39, 0.29) is 34.2 Å². The third-order valence-electron chi connectivity index (χ3n) is 4.21. The van der Waals surface area contributed by atoms with Gasteiger partial charge in [0, 0.05) is 23.4 Å². The molecule has 2 atom stereocenters. The fourth-order valence-corrected chi connectivity index (χ4v) is 5.40. The summed E-state index contributed by atoms with van der Waals surface area (Å²) < 4.78 is 4.88. The number of rotatable bonds is 5. The predicted octanol–water partition coefficient (Wildman–Crippen LogP) is 2.72. The van der Waals surface area contributed by atoms with Crippen molar-refractivity contribution in [3.8, 4) is 0 Å². The number of amides is 2. The summed E-state index contributed by atoms with van der Waals surface area (Å²) in [5.74, 6) is -0.0529. The summed E-state index contributed by atoms with van der Waals surface area (Å²) in [6.07, 6.45) is -1.39. The van der Waals surface area contributed by atoms with E-state index in [1.165, 1.54) is 0 Å². The third kappa shape index (κ3) is 7.44. The van der Waals surface area contributed by atoms with Gasteiger partial charge in [-0.25, -0.2) is 4.79 Å². The lowest BCUT2D eigenvalue weighted by molar-refractivity contribution is -0.129. The number of thioether (sulfide) groups is 1. The maximum atomic E-state index is 13.0. The van der Waals surface area contributed by atoms with Gasteiger partial charge in [-0.1, -0.05) is 0 Å². The number of carbonyl (C=O) groups is 2. The molecule has 0 spiro atoms. The molecule has 3 N–H and O–H groups in total. The van der Waals surface area contributed by atoms with Gasteiger partial charge < -0.3 is 20.5 Å². The molecule has 0 aromatic rings. The molecule has 1 unspecified atom stereocenters. The van der Waals surface area contributed by atoms with Crippen molar-refractivity contribution in [3.63, 3.8) is 0 Å². The van der Waals surface area contributed by atoms with Crippen molar-refractivity contribution in [1.29, 1.82) is 0 Å². The quantitative estimate of drug-likeness (QED) is 0.637. The van der Waals surface area contributed by atoms with Crippen LogP contribution in [-0.4, -0.2) is 68.0 Å². The van der Waals surface area contributed by atoms with Gasteiger partial charge in [-0.15, -0.1) is 11.8 Å². The van der Waals surface area contributed by atoms with Crippen molar-refractivity contribution in [3.05, 3.63) is 0 Å². The van der Waals surface area contributed by atoms with E-state index in [0.717, 1.165) is 0 Å². The Morgan fingerprint density at radius 2 is 1.68 bits per heavy atom. The highest BCUT2D eigenvalue weighted by Crippen LogP contribution is 2.50. The van der Waals surface area contributed by atoms with E-state index in [1.807, 2.05) is 25.7 Å². The second-order valence-corrected chi connectivity index (χ2v) is 12.7. The molecule has 164 valence electrons. The lowest BCUT2D eigenvalue weighted by Gasteiger charge is -2.37. The molecule has 1 saturated heterocycles. The molecule has 0 aromatic carbocycles. The number of β-amino-alcohol motifs (C(OH)–C–C–N with tert-alkyl or cyclic N) is 1. The molecule has 0 aromatic heterocycles. The molecule has 28 heavy (non-hydrogen) atoms. The van der Waals surface area contributed by atoms with Crippen LogP contribution in [0, 0.1) is 0 Å². The lowest BCUT2D eigenvalue weighted by Crippen LogP contribution is -2.59. The van der Waals surface area contributed by atoms with Crippen LogP contribution in [0.4, 0.5) is 4.79 Å². The Kier molecular flexibility index (Phi) is 7.51. The Morgan fingerprint density at radius 1 is 1.14 bits per heavy atom. The zero-order valence-electron chi connectivity index (χ0n) is 19.1. The number of alkyl carbamates (subject to hydrolysis) is 1. The topological polar surface area (TPSA) is 90.9 Å². The number of ether oxygens (including phenoxy) is 1. The molecule has 1 heterocycles. The fourth-order valence-electron chi connectivity index (χ4n) is 3.47. The van der Waals surface area contributed by atoms with Crippen LogP contribution in [0.15, 0.2) is 0 Å². The van der Waals surface area contributed by atoms with Gasteiger partial charge in [0.25, 0.3) is 0 Å². The van der Waals surface area contributed by atoms with Crippen LogP contribution >= 0.6 is 11.8 Å². The van der Waals surface area contributed by atoms with Gasteiger partial charge in [-0.05, 0) is 69.2 Å². The molecule has 8 heteroatoms. The SMILES string of the molecule is CC(C)(C)NC(=O)C1N(C[C@@H](O)CNC(=O)OC(C)(C)C)C(C)(C)SC1(C)C. The maximum Gasteiger partial charge on any atom is 0.407 e. The summed E-state index contributed by atoms with van der Waals surface area (Å²) in [5, 5.41) is 16.2. The number of hydrogen-bond acceptors (Lipinski definition) is 6. The monoisotopic (exact) mass is 417 g/mol. The van der Waals surface area contributed by atoms with E-state index in [1.54, 1.807) is 32.5 Å². The van der Waals surface area contributed by atoms with Gasteiger partial charge in [0.15, 0.2) is 0 Å².